The maximum atomic E-state index is 11.6. The van der Waals surface area contributed by atoms with E-state index in [0.29, 0.717) is 25.5 Å². The zero-order chi connectivity index (χ0) is 18.8. The van der Waals surface area contributed by atoms with Crippen molar-refractivity contribution >= 4 is 35.8 Å². The van der Waals surface area contributed by atoms with Crippen molar-refractivity contribution in [2.24, 2.45) is 4.99 Å². The Morgan fingerprint density at radius 1 is 1.31 bits per heavy atom. The number of aliphatic imine (C=N–C) groups is 1. The lowest BCUT2D eigenvalue weighted by atomic mass is 10.1. The molecule has 1 unspecified atom stereocenters. The van der Waals surface area contributed by atoms with Gasteiger partial charge in [-0.25, -0.2) is 0 Å². The van der Waals surface area contributed by atoms with Crippen molar-refractivity contribution in [2.45, 2.75) is 46.3 Å². The Morgan fingerprint density at radius 2 is 2.00 bits per heavy atom. The molecule has 0 aliphatic rings. The van der Waals surface area contributed by atoms with E-state index in [9.17, 15) is 4.79 Å². The highest BCUT2D eigenvalue weighted by molar-refractivity contribution is 14.0. The number of nitrogens with one attached hydrogen (secondary N) is 2. The van der Waals surface area contributed by atoms with Gasteiger partial charge in [-0.3, -0.25) is 9.79 Å². The van der Waals surface area contributed by atoms with Crippen LogP contribution in [0.4, 0.5) is 0 Å². The number of ether oxygens (including phenoxy) is 1. The van der Waals surface area contributed by atoms with Crippen molar-refractivity contribution in [3.63, 3.8) is 0 Å². The van der Waals surface area contributed by atoms with E-state index in [2.05, 4.69) is 54.6 Å². The zero-order valence-corrected chi connectivity index (χ0v) is 19.1. The van der Waals surface area contributed by atoms with Crippen molar-refractivity contribution in [1.29, 1.82) is 0 Å². The molecule has 0 bridgehead atoms. The fourth-order valence-electron chi connectivity index (χ4n) is 2.13. The van der Waals surface area contributed by atoms with Crippen LogP contribution in [0.15, 0.2) is 23.2 Å². The maximum absolute atomic E-state index is 11.6. The molecule has 1 aromatic carbocycles. The zero-order valence-electron chi connectivity index (χ0n) is 16.8. The van der Waals surface area contributed by atoms with Crippen LogP contribution in [0.5, 0.6) is 5.75 Å². The molecule has 0 saturated carbocycles. The van der Waals surface area contributed by atoms with Crippen LogP contribution in [0, 0.1) is 6.92 Å². The summed E-state index contributed by atoms with van der Waals surface area (Å²) >= 11 is 0. The third-order valence-electron chi connectivity index (χ3n) is 3.93. The normalized spacial score (nSPS) is 12.0. The summed E-state index contributed by atoms with van der Waals surface area (Å²) in [6, 6.07) is 6.21. The number of hydrogen-bond donors (Lipinski definition) is 2. The standard InChI is InChI=1S/C19H32N4O2.HI/c1-7-15(3)25-17-12-14(2)8-9-16(17)13-22-19(20-4)21-11-10-18(24)23(5)6;/h8-9,12,15H,7,10-11,13H2,1-6H3,(H2,20,21,22);1H. The van der Waals surface area contributed by atoms with Crippen LogP contribution >= 0.6 is 24.0 Å². The number of amides is 1. The molecule has 1 atom stereocenters. The first-order valence-corrected chi connectivity index (χ1v) is 8.78. The number of carbonyl (C=O) groups excluding carboxylic acids is 1. The van der Waals surface area contributed by atoms with E-state index < -0.39 is 0 Å². The molecule has 1 rings (SSSR count). The average molecular weight is 476 g/mol. The van der Waals surface area contributed by atoms with Crippen molar-refractivity contribution in [2.75, 3.05) is 27.7 Å². The second-order valence-electron chi connectivity index (χ2n) is 6.34. The average Bonchev–Trinajstić information content (AvgIpc) is 2.58. The number of carbonyl (C=O) groups is 1. The van der Waals surface area contributed by atoms with Gasteiger partial charge in [0.25, 0.3) is 0 Å². The van der Waals surface area contributed by atoms with Gasteiger partial charge in [0.1, 0.15) is 5.75 Å². The Morgan fingerprint density at radius 3 is 2.58 bits per heavy atom. The van der Waals surface area contributed by atoms with E-state index in [-0.39, 0.29) is 36.0 Å². The first kappa shape index (κ1) is 24.5. The number of nitrogens with zero attached hydrogens (tertiary/aromatic N) is 2. The van der Waals surface area contributed by atoms with Gasteiger partial charge in [0.05, 0.1) is 6.10 Å². The fraction of sp³-hybridized carbons (Fsp3) is 0.579. The molecule has 7 heteroatoms. The van der Waals surface area contributed by atoms with E-state index >= 15 is 0 Å². The summed E-state index contributed by atoms with van der Waals surface area (Å²) in [4.78, 5) is 17.4. The van der Waals surface area contributed by atoms with Crippen LogP contribution in [0.2, 0.25) is 0 Å². The number of benzene rings is 1. The molecule has 0 aromatic heterocycles. The molecule has 148 valence electrons. The minimum Gasteiger partial charge on any atom is -0.490 e. The first-order chi connectivity index (χ1) is 11.9. The smallest absolute Gasteiger partial charge is 0.223 e. The monoisotopic (exact) mass is 476 g/mol. The van der Waals surface area contributed by atoms with Crippen molar-refractivity contribution in [3.8, 4) is 5.75 Å². The van der Waals surface area contributed by atoms with E-state index in [0.717, 1.165) is 17.7 Å². The summed E-state index contributed by atoms with van der Waals surface area (Å²) in [6.07, 6.45) is 1.57. The largest absolute Gasteiger partial charge is 0.490 e. The Kier molecular flexibility index (Phi) is 12.0. The third-order valence-corrected chi connectivity index (χ3v) is 3.93. The Balaban J connectivity index is 0.00000625. The lowest BCUT2D eigenvalue weighted by Gasteiger charge is -2.18. The van der Waals surface area contributed by atoms with Gasteiger partial charge in [0.2, 0.25) is 5.91 Å². The molecule has 0 heterocycles. The van der Waals surface area contributed by atoms with Crippen LogP contribution in [-0.4, -0.2) is 50.6 Å². The molecule has 0 saturated heterocycles. The molecule has 1 aromatic rings. The predicted molar refractivity (Wildman–Crippen MR) is 118 cm³/mol. The maximum Gasteiger partial charge on any atom is 0.223 e. The summed E-state index contributed by atoms with van der Waals surface area (Å²) in [5, 5.41) is 6.43. The number of aryl methyl sites for hydroxylation is 1. The lowest BCUT2D eigenvalue weighted by Crippen LogP contribution is -2.38. The molecule has 1 amide bonds. The van der Waals surface area contributed by atoms with E-state index in [1.54, 1.807) is 26.0 Å². The predicted octanol–water partition coefficient (Wildman–Crippen LogP) is 2.93. The third kappa shape index (κ3) is 8.73. The van der Waals surface area contributed by atoms with E-state index in [1.165, 1.54) is 5.56 Å². The molecule has 0 radical (unpaired) electrons. The molecule has 2 N–H and O–H groups in total. The Hall–Kier alpha value is -1.51. The number of halogens is 1. The Bertz CT molecular complexity index is 591. The van der Waals surface area contributed by atoms with E-state index in [4.69, 9.17) is 4.74 Å². The van der Waals surface area contributed by atoms with E-state index in [1.807, 2.05) is 0 Å². The van der Waals surface area contributed by atoms with Gasteiger partial charge in [-0.05, 0) is 31.9 Å². The molecule has 0 fully saturated rings. The van der Waals surface area contributed by atoms with Crippen LogP contribution in [0.25, 0.3) is 0 Å². The highest BCUT2D eigenvalue weighted by Crippen LogP contribution is 2.22. The molecule has 0 aliphatic heterocycles. The summed E-state index contributed by atoms with van der Waals surface area (Å²) in [5.41, 5.74) is 2.25. The molecular formula is C19H33IN4O2. The van der Waals surface area contributed by atoms with Gasteiger partial charge in [0.15, 0.2) is 5.96 Å². The fourth-order valence-corrected chi connectivity index (χ4v) is 2.13. The minimum atomic E-state index is 0. The van der Waals surface area contributed by atoms with Gasteiger partial charge in [-0.2, -0.15) is 0 Å². The summed E-state index contributed by atoms with van der Waals surface area (Å²) in [6.45, 7) is 7.39. The van der Waals surface area contributed by atoms with Gasteiger partial charge in [-0.15, -0.1) is 24.0 Å². The Labute approximate surface area is 174 Å². The van der Waals surface area contributed by atoms with Crippen LogP contribution in [-0.2, 0) is 11.3 Å². The highest BCUT2D eigenvalue weighted by Gasteiger charge is 2.09. The lowest BCUT2D eigenvalue weighted by molar-refractivity contribution is -0.128. The first-order valence-electron chi connectivity index (χ1n) is 8.78. The molecule has 6 nitrogen and oxygen atoms in total. The second-order valence-corrected chi connectivity index (χ2v) is 6.34. The van der Waals surface area contributed by atoms with Crippen LogP contribution < -0.4 is 15.4 Å². The number of hydrogen-bond acceptors (Lipinski definition) is 3. The van der Waals surface area contributed by atoms with Crippen molar-refractivity contribution in [3.05, 3.63) is 29.3 Å². The topological polar surface area (TPSA) is 66.0 Å². The molecule has 26 heavy (non-hydrogen) atoms. The van der Waals surface area contributed by atoms with Crippen LogP contribution in [0.1, 0.15) is 37.8 Å². The highest BCUT2D eigenvalue weighted by atomic mass is 127. The SMILES string of the molecule is CCC(C)Oc1cc(C)ccc1CNC(=NC)NCCC(=O)N(C)C.I. The number of guanidine groups is 1. The van der Waals surface area contributed by atoms with Gasteiger partial charge < -0.3 is 20.3 Å². The van der Waals surface area contributed by atoms with Gasteiger partial charge in [-0.1, -0.05) is 19.1 Å². The summed E-state index contributed by atoms with van der Waals surface area (Å²) < 4.78 is 6.03. The van der Waals surface area contributed by atoms with Crippen molar-refractivity contribution in [1.82, 2.24) is 15.5 Å². The van der Waals surface area contributed by atoms with Crippen LogP contribution in [0.3, 0.4) is 0 Å². The molecule has 0 aliphatic carbocycles. The minimum absolute atomic E-state index is 0. The quantitative estimate of drug-likeness (QED) is 0.344. The van der Waals surface area contributed by atoms with Gasteiger partial charge >= 0.3 is 0 Å². The van der Waals surface area contributed by atoms with Crippen molar-refractivity contribution < 1.29 is 9.53 Å². The summed E-state index contributed by atoms with van der Waals surface area (Å²) in [7, 11) is 5.23. The second kappa shape index (κ2) is 12.8. The number of rotatable bonds is 8. The summed E-state index contributed by atoms with van der Waals surface area (Å²) in [5.74, 6) is 1.66. The van der Waals surface area contributed by atoms with Gasteiger partial charge in [0, 0.05) is 46.2 Å². The molecule has 0 spiro atoms. The molecular weight excluding hydrogens is 443 g/mol.